The van der Waals surface area contributed by atoms with Gasteiger partial charge in [0.2, 0.25) is 0 Å². The lowest BCUT2D eigenvalue weighted by Gasteiger charge is -2.26. The van der Waals surface area contributed by atoms with Crippen LogP contribution in [0.4, 0.5) is 17.1 Å². The first-order valence-electron chi connectivity index (χ1n) is 21.4. The molecular weight excluding hydrogens is 765 g/mol. The molecule has 63 heavy (non-hydrogen) atoms. The van der Waals surface area contributed by atoms with E-state index in [2.05, 4.69) is 235 Å². The van der Waals surface area contributed by atoms with Crippen LogP contribution in [0.5, 0.6) is 0 Å². The smallest absolute Gasteiger partial charge is 0.0979 e. The molecule has 0 saturated carbocycles. The molecule has 9 aromatic carbocycles. The third-order valence-corrected chi connectivity index (χ3v) is 12.1. The highest BCUT2D eigenvalue weighted by molar-refractivity contribution is 6.23. The van der Waals surface area contributed by atoms with Crippen LogP contribution in [0.25, 0.3) is 94.8 Å². The molecule has 4 nitrogen and oxygen atoms in total. The number of rotatable bonds is 9. The average molecular weight is 807 g/mol. The van der Waals surface area contributed by atoms with E-state index in [-0.39, 0.29) is 0 Å². The second-order valence-corrected chi connectivity index (χ2v) is 15.8. The quantitative estimate of drug-likeness (QED) is 0.136. The van der Waals surface area contributed by atoms with E-state index in [1.807, 2.05) is 12.3 Å². The monoisotopic (exact) mass is 806 g/mol. The molecule has 0 unspecified atom stereocenters. The Hall–Kier alpha value is -8.34. The van der Waals surface area contributed by atoms with E-state index in [4.69, 9.17) is 9.97 Å². The van der Waals surface area contributed by atoms with Crippen molar-refractivity contribution in [3.8, 4) is 39.2 Å². The van der Waals surface area contributed by atoms with Gasteiger partial charge in [-0.3, -0.25) is 4.98 Å². The van der Waals surface area contributed by atoms with Crippen molar-refractivity contribution in [2.75, 3.05) is 4.90 Å². The van der Waals surface area contributed by atoms with Crippen molar-refractivity contribution in [2.45, 2.75) is 6.92 Å². The van der Waals surface area contributed by atoms with Crippen LogP contribution in [0.15, 0.2) is 219 Å². The summed E-state index contributed by atoms with van der Waals surface area (Å²) < 4.78 is 2.30. The number of fused-ring (bicyclic) bond motifs is 7. The molecule has 0 aliphatic carbocycles. The standard InChI is InChI=1S/C59H42N4/c1-3-16-51-54-38-43(31-36-57(54)63(56(51)4-2)46-21-9-6-10-22-46)41-29-34-48(35-30-41)62(45-19-7-5-8-20-45)47-32-27-40(28-33-47)42-17-15-18-44(37-42)55-39-60-58-52-25-13-11-23-49(52)50-24-12-14-26-53(50)59(58)61-55/h3-39H,2H2,1H3/b16-3-. The van der Waals surface area contributed by atoms with Crippen molar-refractivity contribution in [1.29, 1.82) is 0 Å². The van der Waals surface area contributed by atoms with E-state index in [0.29, 0.717) is 0 Å². The Labute approximate surface area is 367 Å². The van der Waals surface area contributed by atoms with Gasteiger partial charge in [0, 0.05) is 50.0 Å². The van der Waals surface area contributed by atoms with Crippen LogP contribution in [0, 0.1) is 0 Å². The fourth-order valence-electron chi connectivity index (χ4n) is 9.16. The number of allylic oxidation sites excluding steroid dienone is 1. The van der Waals surface area contributed by atoms with Gasteiger partial charge in [0.1, 0.15) is 0 Å². The van der Waals surface area contributed by atoms with Gasteiger partial charge in [-0.15, -0.1) is 0 Å². The lowest BCUT2D eigenvalue weighted by Crippen LogP contribution is -2.09. The Morgan fingerprint density at radius 1 is 0.476 bits per heavy atom. The van der Waals surface area contributed by atoms with Crippen molar-refractivity contribution in [1.82, 2.24) is 14.5 Å². The third kappa shape index (κ3) is 6.66. The van der Waals surface area contributed by atoms with E-state index >= 15 is 0 Å². The minimum atomic E-state index is 0.852. The molecule has 0 atom stereocenters. The molecule has 0 aliphatic rings. The molecule has 2 aromatic heterocycles. The molecule has 0 amide bonds. The lowest BCUT2D eigenvalue weighted by atomic mass is 9.99. The topological polar surface area (TPSA) is 34.0 Å². The van der Waals surface area contributed by atoms with Crippen molar-refractivity contribution in [2.24, 2.45) is 0 Å². The van der Waals surface area contributed by atoms with Crippen LogP contribution < -0.4 is 4.90 Å². The molecule has 0 saturated heterocycles. The van der Waals surface area contributed by atoms with Crippen molar-refractivity contribution >= 4 is 72.7 Å². The van der Waals surface area contributed by atoms with E-state index in [1.54, 1.807) is 0 Å². The summed E-state index contributed by atoms with van der Waals surface area (Å²) in [6, 6.07) is 71.2. The van der Waals surface area contributed by atoms with Crippen molar-refractivity contribution < 1.29 is 0 Å². The first-order valence-corrected chi connectivity index (χ1v) is 21.4. The predicted molar refractivity (Wildman–Crippen MR) is 267 cm³/mol. The summed E-state index contributed by atoms with van der Waals surface area (Å²) in [6.45, 7) is 6.27. The molecule has 298 valence electrons. The number of hydrogen-bond acceptors (Lipinski definition) is 3. The summed E-state index contributed by atoms with van der Waals surface area (Å²) in [5, 5.41) is 5.81. The van der Waals surface area contributed by atoms with Crippen LogP contribution >= 0.6 is 0 Å². The maximum Gasteiger partial charge on any atom is 0.0979 e. The van der Waals surface area contributed by atoms with Gasteiger partial charge in [0.05, 0.1) is 34.1 Å². The first-order chi connectivity index (χ1) is 31.2. The van der Waals surface area contributed by atoms with Gasteiger partial charge in [0.15, 0.2) is 0 Å². The highest BCUT2D eigenvalue weighted by Crippen LogP contribution is 2.40. The van der Waals surface area contributed by atoms with Crippen molar-refractivity contribution in [3.63, 3.8) is 0 Å². The summed E-state index contributed by atoms with van der Waals surface area (Å²) >= 11 is 0. The molecule has 0 fully saturated rings. The Bertz CT molecular complexity index is 3480. The minimum Gasteiger partial charge on any atom is -0.311 e. The molecular formula is C59H42N4. The molecule has 0 radical (unpaired) electrons. The van der Waals surface area contributed by atoms with E-state index in [1.165, 1.54) is 21.7 Å². The Morgan fingerprint density at radius 2 is 1.02 bits per heavy atom. The maximum atomic E-state index is 5.26. The van der Waals surface area contributed by atoms with Gasteiger partial charge in [-0.1, -0.05) is 152 Å². The van der Waals surface area contributed by atoms with Crippen LogP contribution in [-0.4, -0.2) is 14.5 Å². The van der Waals surface area contributed by atoms with Crippen LogP contribution in [0.2, 0.25) is 0 Å². The lowest BCUT2D eigenvalue weighted by molar-refractivity contribution is 1.11. The van der Waals surface area contributed by atoms with Gasteiger partial charge in [0.25, 0.3) is 0 Å². The van der Waals surface area contributed by atoms with Gasteiger partial charge < -0.3 is 9.47 Å². The highest BCUT2D eigenvalue weighted by Gasteiger charge is 2.18. The predicted octanol–water partition coefficient (Wildman–Crippen LogP) is 16.0. The van der Waals surface area contributed by atoms with Gasteiger partial charge in [-0.2, -0.15) is 0 Å². The van der Waals surface area contributed by atoms with Gasteiger partial charge in [-0.25, -0.2) is 4.98 Å². The number of benzene rings is 9. The second kappa shape index (κ2) is 15.9. The van der Waals surface area contributed by atoms with Crippen molar-refractivity contribution in [3.05, 3.63) is 230 Å². The molecule has 2 heterocycles. The molecule has 0 spiro atoms. The normalized spacial score (nSPS) is 11.6. The highest BCUT2D eigenvalue weighted by atomic mass is 15.1. The zero-order valence-electron chi connectivity index (χ0n) is 34.9. The number of hydrogen-bond donors (Lipinski definition) is 0. The molecule has 0 aliphatic heterocycles. The number of aromatic nitrogens is 3. The molecule has 4 heteroatoms. The van der Waals surface area contributed by atoms with E-state index in [9.17, 15) is 0 Å². The van der Waals surface area contributed by atoms with E-state index in [0.717, 1.165) is 89.3 Å². The SMILES string of the molecule is C=Cc1c(/C=C\C)c2cc(-c3ccc(N(c4ccccc4)c4ccc(-c5cccc(-c6cnc7c8ccccc8c8ccccc8c7n6)c5)cc4)cc3)ccc2n1-c1ccccc1. The number of para-hydroxylation sites is 2. The fourth-order valence-corrected chi connectivity index (χ4v) is 9.16. The van der Waals surface area contributed by atoms with Crippen LogP contribution in [-0.2, 0) is 0 Å². The Morgan fingerprint density at radius 3 is 1.65 bits per heavy atom. The molecule has 11 rings (SSSR count). The average Bonchev–Trinajstić information content (AvgIpc) is 3.67. The summed E-state index contributed by atoms with van der Waals surface area (Å²) in [5.41, 5.74) is 16.1. The number of nitrogens with zero attached hydrogens (tertiary/aromatic N) is 4. The summed E-state index contributed by atoms with van der Waals surface area (Å²) in [6.07, 6.45) is 8.16. The molecule has 0 N–H and O–H groups in total. The first kappa shape index (κ1) is 37.6. The molecule has 11 aromatic rings. The van der Waals surface area contributed by atoms with Crippen LogP contribution in [0.3, 0.4) is 0 Å². The summed E-state index contributed by atoms with van der Waals surface area (Å²) in [4.78, 5) is 12.6. The zero-order valence-corrected chi connectivity index (χ0v) is 34.9. The Kier molecular flexibility index (Phi) is 9.52. The third-order valence-electron chi connectivity index (χ3n) is 12.1. The minimum absolute atomic E-state index is 0.852. The maximum absolute atomic E-state index is 5.26. The Balaban J connectivity index is 0.920. The number of anilines is 3. The summed E-state index contributed by atoms with van der Waals surface area (Å²) in [5.74, 6) is 0. The van der Waals surface area contributed by atoms with E-state index < -0.39 is 0 Å². The molecule has 0 bridgehead atoms. The van der Waals surface area contributed by atoms with Gasteiger partial charge in [-0.05, 0) is 113 Å². The fraction of sp³-hybridized carbons (Fsp3) is 0.0169. The second-order valence-electron chi connectivity index (χ2n) is 15.8. The van der Waals surface area contributed by atoms with Crippen LogP contribution in [0.1, 0.15) is 18.2 Å². The summed E-state index contributed by atoms with van der Waals surface area (Å²) in [7, 11) is 0. The van der Waals surface area contributed by atoms with Gasteiger partial charge >= 0.3 is 0 Å². The largest absolute Gasteiger partial charge is 0.311 e. The zero-order chi connectivity index (χ0) is 42.3.